The molecule has 98 heavy (non-hydrogen) atoms. The monoisotopic (exact) mass is 1430 g/mol. The standard InChI is InChI=1S/C40H64O5Si.C40H62O5Si.2O2S/c2*1-27(26-42-46(9,10)40(6,7)8)21-37-31(5)35(24-32-15-12-11-13-16-32)39(45-37)25-38-30(4)28(2)22-34(44-38)18-19-36-29(3)23-33(43-36)17-14-20-41;2*1-3-2/h11-17,27-28,31,33-39,41H,3-4,18-26H2,1-2,5-10H3;11-17,20,27-28,31,33-39H,3-4,18-19,21-26H2,1-2,5-10H3;;/b2*17-14+;;/t2*27-,28+,31+,33?,34-,35+,36?,37+,38?,39-;;/m00../s1. The Hall–Kier alpha value is -3.74. The number of hydrogen-bond acceptors (Lipinski definition) is 14. The molecule has 2 aromatic rings. The highest BCUT2D eigenvalue weighted by Gasteiger charge is 2.48. The number of carbonyl (C=O) groups excluding carboxylic acids is 1. The van der Waals surface area contributed by atoms with Gasteiger partial charge in [0.05, 0.1) is 79.9 Å². The van der Waals surface area contributed by atoms with Crippen molar-refractivity contribution in [3.8, 4) is 0 Å². The SMILES string of the molecule is C=C1CC(/C=C/C=O)OC1CC[C@H]1C[C@@H](C)C(=C)C(C[C@@H]2O[C@H](C[C@H](C)CO[Si](C)(C)C(C)(C)C)[C@H](C)[C@H]2Cc2ccccc2)O1.C=C1CC(/C=C/CO)OC1CC[C@H]1C[C@@H](C)C(=C)C(C[C@@H]2O[C@H](C[C@H](C)CO[Si](C)(C)C(C)(C)C)[C@H](C)[C@H]2Cc2ccccc2)O1.O=S=O.O=S=O. The van der Waals surface area contributed by atoms with Crippen LogP contribution in [0, 0.1) is 47.3 Å². The molecule has 14 nitrogen and oxygen atoms in total. The molecule has 0 aliphatic carbocycles. The fraction of sp³-hybridized carbons (Fsp3) is 0.688. The highest BCUT2D eigenvalue weighted by Crippen LogP contribution is 2.47. The van der Waals surface area contributed by atoms with Gasteiger partial charge in [-0.05, 0) is 187 Å². The molecule has 0 spiro atoms. The number of hydrogen-bond donors (Lipinski definition) is 1. The van der Waals surface area contributed by atoms with E-state index >= 15 is 0 Å². The van der Waals surface area contributed by atoms with Gasteiger partial charge in [0.1, 0.15) is 6.29 Å². The second-order valence-electron chi connectivity index (χ2n) is 32.5. The minimum absolute atomic E-state index is 0.00440. The molecule has 8 rings (SSSR count). The van der Waals surface area contributed by atoms with E-state index in [1.54, 1.807) is 6.08 Å². The van der Waals surface area contributed by atoms with Crippen LogP contribution in [0.4, 0.5) is 0 Å². The van der Waals surface area contributed by atoms with Gasteiger partial charge in [0.25, 0.3) is 0 Å². The average Bonchev–Trinajstić information content (AvgIpc) is 1.65. The van der Waals surface area contributed by atoms with Crippen molar-refractivity contribution in [3.05, 3.63) is 145 Å². The van der Waals surface area contributed by atoms with E-state index < -0.39 is 39.8 Å². The summed E-state index contributed by atoms with van der Waals surface area (Å²) >= 11 is -1.50. The topological polar surface area (TPSA) is 179 Å². The molecule has 2 aromatic carbocycles. The molecule has 20 atom stereocenters. The molecule has 18 heteroatoms. The van der Waals surface area contributed by atoms with Gasteiger partial charge in [-0.25, -0.2) is 0 Å². The average molecular weight is 1430 g/mol. The van der Waals surface area contributed by atoms with Gasteiger partial charge < -0.3 is 42.4 Å². The molecule has 6 fully saturated rings. The van der Waals surface area contributed by atoms with Crippen molar-refractivity contribution in [1.82, 2.24) is 0 Å². The first kappa shape index (κ1) is 84.9. The summed E-state index contributed by atoms with van der Waals surface area (Å²) in [6.07, 6.45) is 21.8. The Morgan fingerprint density at radius 3 is 1.27 bits per heavy atom. The van der Waals surface area contributed by atoms with Crippen molar-refractivity contribution < 1.29 is 64.0 Å². The predicted octanol–water partition coefficient (Wildman–Crippen LogP) is 17.0. The van der Waals surface area contributed by atoms with Crippen LogP contribution in [0.1, 0.15) is 171 Å². The van der Waals surface area contributed by atoms with Crippen LogP contribution in [0.2, 0.25) is 36.3 Å². The molecule has 1 N–H and O–H groups in total. The van der Waals surface area contributed by atoms with Crippen LogP contribution in [-0.2, 0) is 78.1 Å². The molecule has 6 aliphatic heterocycles. The second kappa shape index (κ2) is 40.4. The zero-order valence-electron chi connectivity index (χ0n) is 62.6. The van der Waals surface area contributed by atoms with Crippen LogP contribution >= 0.6 is 0 Å². The summed E-state index contributed by atoms with van der Waals surface area (Å²) in [5.41, 5.74) is 7.41. The first-order chi connectivity index (χ1) is 46.2. The maximum absolute atomic E-state index is 10.8. The molecule has 0 saturated carbocycles. The van der Waals surface area contributed by atoms with Crippen LogP contribution in [0.5, 0.6) is 0 Å². The van der Waals surface area contributed by atoms with Gasteiger partial charge >= 0.3 is 23.1 Å². The first-order valence-electron chi connectivity index (χ1n) is 36.4. The molecule has 0 aromatic heterocycles. The normalized spacial score (nSPS) is 31.4. The lowest BCUT2D eigenvalue weighted by Crippen LogP contribution is -2.42. The zero-order valence-corrected chi connectivity index (χ0v) is 66.3. The molecule has 6 saturated heterocycles. The van der Waals surface area contributed by atoms with Crippen molar-refractivity contribution in [2.45, 2.75) is 282 Å². The van der Waals surface area contributed by atoms with E-state index in [0.717, 1.165) is 121 Å². The quantitative estimate of drug-likeness (QED) is 0.0368. The molecule has 550 valence electrons. The van der Waals surface area contributed by atoms with Crippen LogP contribution in [-0.4, -0.2) is 138 Å². The van der Waals surface area contributed by atoms with Gasteiger partial charge in [0.15, 0.2) is 16.6 Å². The third-order valence-electron chi connectivity index (χ3n) is 23.0. The Labute approximate surface area is 600 Å². The number of allylic oxidation sites excluding steroid dienone is 1. The molecule has 6 unspecified atom stereocenters. The lowest BCUT2D eigenvalue weighted by Gasteiger charge is -2.38. The van der Waals surface area contributed by atoms with E-state index in [0.29, 0.717) is 47.3 Å². The summed E-state index contributed by atoms with van der Waals surface area (Å²) < 4.78 is 86.6. The molecule has 6 aliphatic rings. The maximum atomic E-state index is 10.8. The van der Waals surface area contributed by atoms with Crippen LogP contribution in [0.25, 0.3) is 0 Å². The Balaban J connectivity index is 0.000000328. The fourth-order valence-corrected chi connectivity index (χ4v) is 16.9. The lowest BCUT2D eigenvalue weighted by molar-refractivity contribution is -0.104. The summed E-state index contributed by atoms with van der Waals surface area (Å²) in [5, 5.41) is 9.56. The van der Waals surface area contributed by atoms with Crippen molar-refractivity contribution in [1.29, 1.82) is 0 Å². The molecule has 0 bridgehead atoms. The molecule has 6 heterocycles. The predicted molar refractivity (Wildman–Crippen MR) is 402 cm³/mol. The minimum atomic E-state index is -1.79. The van der Waals surface area contributed by atoms with E-state index in [1.807, 2.05) is 12.2 Å². The van der Waals surface area contributed by atoms with Crippen molar-refractivity contribution in [3.63, 3.8) is 0 Å². The summed E-state index contributed by atoms with van der Waals surface area (Å²) in [6, 6.07) is 21.8. The van der Waals surface area contributed by atoms with Gasteiger partial charge in [-0.15, -0.1) is 0 Å². The lowest BCUT2D eigenvalue weighted by atomic mass is 9.78. The zero-order chi connectivity index (χ0) is 72.7. The summed E-state index contributed by atoms with van der Waals surface area (Å²) in [5.74, 6) is 3.41. The van der Waals surface area contributed by atoms with E-state index in [1.165, 1.54) is 28.3 Å². The van der Waals surface area contributed by atoms with E-state index in [-0.39, 0.29) is 89.9 Å². The fourth-order valence-electron chi connectivity index (χ4n) is 14.6. The summed E-state index contributed by atoms with van der Waals surface area (Å²) in [7, 11) is -3.58. The number of rotatable bonds is 28. The van der Waals surface area contributed by atoms with Crippen LogP contribution in [0.15, 0.2) is 134 Å². The molecular formula is C80H126O14S2Si2. The Kier molecular flexibility index (Phi) is 35.0. The van der Waals surface area contributed by atoms with E-state index in [4.69, 9.17) is 59.2 Å². The number of aldehydes is 1. The first-order valence-corrected chi connectivity index (χ1v) is 43.6. The van der Waals surface area contributed by atoms with Gasteiger partial charge in [0.2, 0.25) is 0 Å². The largest absolute Gasteiger partial charge is 0.417 e. The number of benzene rings is 2. The highest BCUT2D eigenvalue weighted by atomic mass is 32.1. The smallest absolute Gasteiger partial charge is 0.335 e. The minimum Gasteiger partial charge on any atom is -0.417 e. The highest BCUT2D eigenvalue weighted by molar-refractivity contribution is 7.52. The maximum Gasteiger partial charge on any atom is 0.335 e. The van der Waals surface area contributed by atoms with Gasteiger partial charge in [-0.1, -0.05) is 188 Å². The number of aliphatic hydroxyl groups excluding tert-OH is 1. The Bertz CT molecular complexity index is 2920. The molecule has 0 radical (unpaired) electrons. The Morgan fingerprint density at radius 2 is 0.918 bits per heavy atom. The third-order valence-corrected chi connectivity index (χ3v) is 32.0. The summed E-state index contributed by atoms with van der Waals surface area (Å²) in [4.78, 5) is 10.8. The van der Waals surface area contributed by atoms with Crippen molar-refractivity contribution in [2.24, 2.45) is 47.3 Å². The van der Waals surface area contributed by atoms with Gasteiger partial charge in [-0.2, -0.15) is 16.8 Å². The number of carbonyl (C=O) groups is 1. The molecule has 0 amide bonds. The van der Waals surface area contributed by atoms with E-state index in [9.17, 15) is 4.79 Å². The van der Waals surface area contributed by atoms with Gasteiger partial charge in [-0.3, -0.25) is 4.79 Å². The van der Waals surface area contributed by atoms with Gasteiger partial charge in [0, 0.05) is 38.9 Å². The van der Waals surface area contributed by atoms with Crippen molar-refractivity contribution >= 4 is 46.1 Å². The van der Waals surface area contributed by atoms with Crippen LogP contribution in [0.3, 0.4) is 0 Å². The third kappa shape index (κ3) is 25.9. The summed E-state index contributed by atoms with van der Waals surface area (Å²) in [6.45, 7) is 56.5. The van der Waals surface area contributed by atoms with Crippen molar-refractivity contribution in [2.75, 3.05) is 19.8 Å². The number of ether oxygens (including phenoxy) is 6. The molecular weight excluding hydrogens is 1310 g/mol. The van der Waals surface area contributed by atoms with Crippen LogP contribution < -0.4 is 0 Å². The number of aliphatic hydroxyl groups is 1. The Morgan fingerprint density at radius 1 is 0.551 bits per heavy atom. The second-order valence-corrected chi connectivity index (χ2v) is 42.4. The van der Waals surface area contributed by atoms with E-state index in [2.05, 4.69) is 196 Å².